The van der Waals surface area contributed by atoms with E-state index in [0.717, 1.165) is 12.1 Å². The highest BCUT2D eigenvalue weighted by molar-refractivity contribution is 6.04. The number of carbonyl (C=O) groups is 2. The van der Waals surface area contributed by atoms with Crippen molar-refractivity contribution in [3.05, 3.63) is 66.4 Å². The van der Waals surface area contributed by atoms with Crippen LogP contribution in [0.5, 0.6) is 5.75 Å². The van der Waals surface area contributed by atoms with Gasteiger partial charge in [0.1, 0.15) is 5.75 Å². The molecule has 1 N–H and O–H groups in total. The number of hydrogen-bond donors (Lipinski definition) is 1. The summed E-state index contributed by atoms with van der Waals surface area (Å²) in [6.45, 7) is -0.559. The molecule has 1 amide bonds. The molecule has 0 aliphatic rings. The lowest BCUT2D eigenvalue weighted by Gasteiger charge is -2.10. The predicted molar refractivity (Wildman–Crippen MR) is 93.8 cm³/mol. The molecule has 6 nitrogen and oxygen atoms in total. The maximum absolute atomic E-state index is 12.2. The molecule has 0 spiro atoms. The fourth-order valence-electron chi connectivity index (χ4n) is 2.43. The zero-order chi connectivity index (χ0) is 20.1. The number of halogens is 3. The van der Waals surface area contributed by atoms with E-state index in [0.29, 0.717) is 10.9 Å². The Balaban J connectivity index is 1.57. The van der Waals surface area contributed by atoms with Gasteiger partial charge in [-0.2, -0.15) is 0 Å². The van der Waals surface area contributed by atoms with Crippen molar-refractivity contribution in [1.82, 2.24) is 4.98 Å². The van der Waals surface area contributed by atoms with Crippen molar-refractivity contribution in [3.63, 3.8) is 0 Å². The lowest BCUT2D eigenvalue weighted by molar-refractivity contribution is -0.274. The summed E-state index contributed by atoms with van der Waals surface area (Å²) in [5.41, 5.74) is 1.11. The van der Waals surface area contributed by atoms with Crippen LogP contribution in [0, 0.1) is 0 Å². The van der Waals surface area contributed by atoms with Gasteiger partial charge >= 0.3 is 12.3 Å². The molecule has 9 heteroatoms. The Morgan fingerprint density at radius 3 is 2.46 bits per heavy atom. The summed E-state index contributed by atoms with van der Waals surface area (Å²) in [5, 5.41) is 3.00. The largest absolute Gasteiger partial charge is 0.573 e. The number of aromatic nitrogens is 1. The fourth-order valence-corrected chi connectivity index (χ4v) is 2.43. The first kappa shape index (κ1) is 19.2. The minimum absolute atomic E-state index is 0.227. The number of carbonyl (C=O) groups excluding carboxylic acids is 2. The van der Waals surface area contributed by atoms with Crippen LogP contribution in [-0.2, 0) is 9.53 Å². The number of hydrogen-bond acceptors (Lipinski definition) is 5. The molecule has 0 atom stereocenters. The number of alkyl halides is 3. The third-order valence-corrected chi connectivity index (χ3v) is 3.57. The van der Waals surface area contributed by atoms with Gasteiger partial charge < -0.3 is 14.8 Å². The normalized spacial score (nSPS) is 11.1. The first-order chi connectivity index (χ1) is 13.3. The molecule has 0 fully saturated rings. The van der Waals surface area contributed by atoms with Gasteiger partial charge in [0.25, 0.3) is 5.91 Å². The summed E-state index contributed by atoms with van der Waals surface area (Å²) in [5.74, 6) is -1.75. The van der Waals surface area contributed by atoms with E-state index >= 15 is 0 Å². The maximum atomic E-state index is 12.2. The van der Waals surface area contributed by atoms with E-state index in [1.807, 2.05) is 0 Å². The minimum Gasteiger partial charge on any atom is -0.452 e. The molecule has 3 aromatic rings. The number of nitrogens with one attached hydrogen (secondary N) is 1. The molecule has 1 aromatic heterocycles. The second-order valence-corrected chi connectivity index (χ2v) is 5.57. The minimum atomic E-state index is -4.80. The molecule has 144 valence electrons. The van der Waals surface area contributed by atoms with E-state index in [9.17, 15) is 22.8 Å². The van der Waals surface area contributed by atoms with Gasteiger partial charge in [-0.05, 0) is 42.5 Å². The number of rotatable bonds is 5. The van der Waals surface area contributed by atoms with E-state index in [-0.39, 0.29) is 11.3 Å². The summed E-state index contributed by atoms with van der Waals surface area (Å²) in [6, 6.07) is 12.9. The van der Waals surface area contributed by atoms with Crippen LogP contribution in [0.2, 0.25) is 0 Å². The zero-order valence-corrected chi connectivity index (χ0v) is 14.2. The Hall–Kier alpha value is -3.62. The molecular weight excluding hydrogens is 377 g/mol. The number of benzene rings is 2. The van der Waals surface area contributed by atoms with E-state index in [1.54, 1.807) is 36.5 Å². The van der Waals surface area contributed by atoms with Gasteiger partial charge in [-0.25, -0.2) is 4.79 Å². The second-order valence-electron chi connectivity index (χ2n) is 5.57. The third-order valence-electron chi connectivity index (χ3n) is 3.57. The van der Waals surface area contributed by atoms with E-state index < -0.39 is 30.6 Å². The molecule has 0 bridgehead atoms. The van der Waals surface area contributed by atoms with Crippen molar-refractivity contribution in [3.8, 4) is 5.75 Å². The van der Waals surface area contributed by atoms with E-state index in [4.69, 9.17) is 4.74 Å². The Morgan fingerprint density at radius 2 is 1.75 bits per heavy atom. The number of esters is 1. The predicted octanol–water partition coefficient (Wildman–Crippen LogP) is 3.93. The summed E-state index contributed by atoms with van der Waals surface area (Å²) in [7, 11) is 0. The smallest absolute Gasteiger partial charge is 0.452 e. The number of nitrogens with zero attached hydrogens (tertiary/aromatic N) is 1. The zero-order valence-electron chi connectivity index (χ0n) is 14.2. The van der Waals surface area contributed by atoms with Gasteiger partial charge in [-0.1, -0.05) is 12.1 Å². The van der Waals surface area contributed by atoms with Crippen molar-refractivity contribution < 1.29 is 32.2 Å². The topological polar surface area (TPSA) is 77.5 Å². The molecule has 28 heavy (non-hydrogen) atoms. The number of fused-ring (bicyclic) bond motifs is 1. The highest BCUT2D eigenvalue weighted by atomic mass is 19.4. The molecule has 3 rings (SSSR count). The van der Waals surface area contributed by atoms with Gasteiger partial charge in [-0.15, -0.1) is 13.2 Å². The quantitative estimate of drug-likeness (QED) is 0.668. The summed E-state index contributed by atoms with van der Waals surface area (Å²) in [4.78, 5) is 28.3. The van der Waals surface area contributed by atoms with Gasteiger partial charge in [0.2, 0.25) is 0 Å². The average molecular weight is 390 g/mol. The van der Waals surface area contributed by atoms with Crippen LogP contribution in [0.3, 0.4) is 0 Å². The lowest BCUT2D eigenvalue weighted by Crippen LogP contribution is -2.21. The van der Waals surface area contributed by atoms with E-state index in [2.05, 4.69) is 15.0 Å². The van der Waals surface area contributed by atoms with Crippen LogP contribution in [0.25, 0.3) is 10.9 Å². The molecule has 0 saturated carbocycles. The molecule has 1 heterocycles. The average Bonchev–Trinajstić information content (AvgIpc) is 2.66. The summed E-state index contributed by atoms with van der Waals surface area (Å²) >= 11 is 0. The van der Waals surface area contributed by atoms with Crippen molar-refractivity contribution in [2.75, 3.05) is 11.9 Å². The van der Waals surface area contributed by atoms with Crippen molar-refractivity contribution in [2.45, 2.75) is 6.36 Å². The molecule has 0 saturated heterocycles. The van der Waals surface area contributed by atoms with Crippen LogP contribution in [-0.4, -0.2) is 29.8 Å². The van der Waals surface area contributed by atoms with Gasteiger partial charge in [0.15, 0.2) is 6.61 Å². The SMILES string of the molecule is O=C(COC(=O)c1cccc2ncccc12)Nc1ccc(OC(F)(F)F)cc1. The number of amides is 1. The molecule has 0 aliphatic heterocycles. The Morgan fingerprint density at radius 1 is 1.00 bits per heavy atom. The highest BCUT2D eigenvalue weighted by Crippen LogP contribution is 2.24. The monoisotopic (exact) mass is 390 g/mol. The van der Waals surface area contributed by atoms with Crippen LogP contribution in [0.1, 0.15) is 10.4 Å². The van der Waals surface area contributed by atoms with Gasteiger partial charge in [-0.3, -0.25) is 9.78 Å². The summed E-state index contributed by atoms with van der Waals surface area (Å²) < 4.78 is 45.1. The van der Waals surface area contributed by atoms with Crippen LogP contribution in [0.15, 0.2) is 60.8 Å². The maximum Gasteiger partial charge on any atom is 0.573 e. The molecule has 2 aromatic carbocycles. The third kappa shape index (κ3) is 4.97. The Kier molecular flexibility index (Phi) is 5.44. The Labute approximate surface area is 156 Å². The van der Waals surface area contributed by atoms with Crippen molar-refractivity contribution >= 4 is 28.5 Å². The molecule has 0 aliphatic carbocycles. The van der Waals surface area contributed by atoms with Crippen molar-refractivity contribution in [1.29, 1.82) is 0 Å². The standard InChI is InChI=1S/C19H13F3N2O4/c20-19(21,22)28-13-8-6-12(7-9-13)24-17(25)11-27-18(26)15-3-1-5-16-14(15)4-2-10-23-16/h1-10H,11H2,(H,24,25). The second kappa shape index (κ2) is 7.95. The first-order valence-electron chi connectivity index (χ1n) is 7.98. The number of anilines is 1. The van der Waals surface area contributed by atoms with Crippen LogP contribution >= 0.6 is 0 Å². The van der Waals surface area contributed by atoms with Gasteiger partial charge in [0, 0.05) is 17.3 Å². The molecular formula is C19H13F3N2O4. The number of pyridine rings is 1. The fraction of sp³-hybridized carbons (Fsp3) is 0.105. The highest BCUT2D eigenvalue weighted by Gasteiger charge is 2.30. The van der Waals surface area contributed by atoms with Crippen LogP contribution in [0.4, 0.5) is 18.9 Å². The number of ether oxygens (including phenoxy) is 2. The van der Waals surface area contributed by atoms with Gasteiger partial charge in [0.05, 0.1) is 11.1 Å². The first-order valence-corrected chi connectivity index (χ1v) is 7.98. The molecule has 0 unspecified atom stereocenters. The van der Waals surface area contributed by atoms with Crippen LogP contribution < -0.4 is 10.1 Å². The molecule has 0 radical (unpaired) electrons. The summed E-state index contributed by atoms with van der Waals surface area (Å²) in [6.07, 6.45) is -3.20. The lowest BCUT2D eigenvalue weighted by atomic mass is 10.1. The Bertz CT molecular complexity index is 999. The van der Waals surface area contributed by atoms with Crippen molar-refractivity contribution in [2.24, 2.45) is 0 Å². The van der Waals surface area contributed by atoms with E-state index in [1.165, 1.54) is 12.1 Å².